The standard InChI is InChI=1S/C26H30N4O2/c1-19(2)28-25(32)26(14-8-16-30(18-26)24(31)23-13-15-27-29-23)17-21-11-6-7-12-22(21)20-9-4-3-5-10-20/h3-7,9-13,15,19H,8,14,16-18H2,1-2H3,(H,27,29)(H,28,32)/t26-/m1/s1. The number of aromatic amines is 1. The van der Waals surface area contributed by atoms with Crippen molar-refractivity contribution in [2.75, 3.05) is 13.1 Å². The third kappa shape index (κ3) is 4.59. The summed E-state index contributed by atoms with van der Waals surface area (Å²) < 4.78 is 0. The van der Waals surface area contributed by atoms with E-state index in [1.165, 1.54) is 0 Å². The van der Waals surface area contributed by atoms with Crippen molar-refractivity contribution in [3.8, 4) is 11.1 Å². The van der Waals surface area contributed by atoms with Crippen molar-refractivity contribution in [2.24, 2.45) is 5.41 Å². The molecule has 1 fully saturated rings. The summed E-state index contributed by atoms with van der Waals surface area (Å²) in [6.45, 7) is 4.96. The second-order valence-corrected chi connectivity index (χ2v) is 8.91. The topological polar surface area (TPSA) is 78.1 Å². The Morgan fingerprint density at radius 3 is 2.56 bits per heavy atom. The Morgan fingerprint density at radius 2 is 1.84 bits per heavy atom. The Labute approximate surface area is 189 Å². The van der Waals surface area contributed by atoms with Crippen LogP contribution >= 0.6 is 0 Å². The van der Waals surface area contributed by atoms with Gasteiger partial charge >= 0.3 is 0 Å². The van der Waals surface area contributed by atoms with E-state index in [1.807, 2.05) is 44.2 Å². The summed E-state index contributed by atoms with van der Waals surface area (Å²) in [5.74, 6) is -0.0993. The molecule has 4 rings (SSSR count). The lowest BCUT2D eigenvalue weighted by Crippen LogP contribution is -2.55. The molecule has 1 aliphatic rings. The summed E-state index contributed by atoms with van der Waals surface area (Å²) in [5.41, 5.74) is 3.14. The van der Waals surface area contributed by atoms with Gasteiger partial charge in [-0.2, -0.15) is 5.10 Å². The SMILES string of the molecule is CC(C)NC(=O)[C@@]1(Cc2ccccc2-c2ccccc2)CCCN(C(=O)c2ccn[nH]2)C1. The lowest BCUT2D eigenvalue weighted by molar-refractivity contribution is -0.134. The third-order valence-electron chi connectivity index (χ3n) is 6.13. The molecule has 2 aromatic carbocycles. The molecule has 2 heterocycles. The molecular formula is C26H30N4O2. The molecule has 0 spiro atoms. The van der Waals surface area contributed by atoms with E-state index in [9.17, 15) is 9.59 Å². The van der Waals surface area contributed by atoms with Gasteiger partial charge in [0.25, 0.3) is 5.91 Å². The Morgan fingerprint density at radius 1 is 1.09 bits per heavy atom. The van der Waals surface area contributed by atoms with E-state index in [-0.39, 0.29) is 17.9 Å². The van der Waals surface area contributed by atoms with Gasteiger partial charge in [-0.15, -0.1) is 0 Å². The highest BCUT2D eigenvalue weighted by molar-refractivity contribution is 5.93. The molecule has 3 aromatic rings. The van der Waals surface area contributed by atoms with Crippen LogP contribution in [-0.4, -0.2) is 46.0 Å². The molecule has 6 nitrogen and oxygen atoms in total. The molecule has 1 saturated heterocycles. The maximum absolute atomic E-state index is 13.6. The average molecular weight is 431 g/mol. The maximum atomic E-state index is 13.6. The van der Waals surface area contributed by atoms with Crippen molar-refractivity contribution in [2.45, 2.75) is 39.2 Å². The van der Waals surface area contributed by atoms with E-state index < -0.39 is 5.41 Å². The lowest BCUT2D eigenvalue weighted by atomic mass is 9.73. The summed E-state index contributed by atoms with van der Waals surface area (Å²) in [5, 5.41) is 9.80. The number of carbonyl (C=O) groups excluding carboxylic acids is 2. The van der Waals surface area contributed by atoms with Gasteiger partial charge in [-0.1, -0.05) is 54.6 Å². The van der Waals surface area contributed by atoms with Gasteiger partial charge in [0, 0.05) is 25.3 Å². The summed E-state index contributed by atoms with van der Waals surface area (Å²) in [6.07, 6.45) is 3.66. The first-order valence-electron chi connectivity index (χ1n) is 11.2. The highest BCUT2D eigenvalue weighted by Gasteiger charge is 2.44. The number of likely N-dealkylation sites (tertiary alicyclic amines) is 1. The quantitative estimate of drug-likeness (QED) is 0.619. The molecule has 0 saturated carbocycles. The molecular weight excluding hydrogens is 400 g/mol. The fourth-order valence-electron chi connectivity index (χ4n) is 4.61. The number of nitrogens with one attached hydrogen (secondary N) is 2. The molecule has 0 unspecified atom stereocenters. The van der Waals surface area contributed by atoms with E-state index >= 15 is 0 Å². The van der Waals surface area contributed by atoms with E-state index in [4.69, 9.17) is 0 Å². The Kier molecular flexibility index (Phi) is 6.40. The van der Waals surface area contributed by atoms with Crippen molar-refractivity contribution in [1.82, 2.24) is 20.4 Å². The number of amides is 2. The number of piperidine rings is 1. The van der Waals surface area contributed by atoms with Crippen LogP contribution in [0.2, 0.25) is 0 Å². The molecule has 1 aromatic heterocycles. The Balaban J connectivity index is 1.69. The van der Waals surface area contributed by atoms with Crippen LogP contribution in [-0.2, 0) is 11.2 Å². The minimum absolute atomic E-state index is 0.0116. The van der Waals surface area contributed by atoms with Gasteiger partial charge in [-0.25, -0.2) is 0 Å². The van der Waals surface area contributed by atoms with Crippen LogP contribution in [0.5, 0.6) is 0 Å². The first-order valence-corrected chi connectivity index (χ1v) is 11.2. The fourth-order valence-corrected chi connectivity index (χ4v) is 4.61. The van der Waals surface area contributed by atoms with Crippen LogP contribution in [0.25, 0.3) is 11.1 Å². The highest BCUT2D eigenvalue weighted by Crippen LogP contribution is 2.37. The second kappa shape index (κ2) is 9.39. The number of hydrogen-bond acceptors (Lipinski definition) is 3. The number of nitrogens with zero attached hydrogens (tertiary/aromatic N) is 2. The number of hydrogen-bond donors (Lipinski definition) is 2. The third-order valence-corrected chi connectivity index (χ3v) is 6.13. The average Bonchev–Trinajstić information content (AvgIpc) is 3.34. The van der Waals surface area contributed by atoms with Gasteiger partial charge in [0.2, 0.25) is 5.91 Å². The molecule has 0 radical (unpaired) electrons. The largest absolute Gasteiger partial charge is 0.353 e. The second-order valence-electron chi connectivity index (χ2n) is 8.91. The molecule has 0 aliphatic carbocycles. The smallest absolute Gasteiger partial charge is 0.271 e. The van der Waals surface area contributed by atoms with Crippen LogP contribution in [0, 0.1) is 5.41 Å². The van der Waals surface area contributed by atoms with Crippen molar-refractivity contribution in [1.29, 1.82) is 0 Å². The number of benzene rings is 2. The van der Waals surface area contributed by atoms with Crippen molar-refractivity contribution < 1.29 is 9.59 Å². The molecule has 0 bridgehead atoms. The number of H-pyrrole nitrogens is 1. The first kappa shape index (κ1) is 21.8. The van der Waals surface area contributed by atoms with E-state index in [2.05, 4.69) is 39.8 Å². The molecule has 166 valence electrons. The predicted octanol–water partition coefficient (Wildman–Crippen LogP) is 4.07. The number of aromatic nitrogens is 2. The monoisotopic (exact) mass is 430 g/mol. The van der Waals surface area contributed by atoms with E-state index in [0.717, 1.165) is 29.5 Å². The van der Waals surface area contributed by atoms with Crippen LogP contribution in [0.1, 0.15) is 42.7 Å². The molecule has 32 heavy (non-hydrogen) atoms. The molecule has 2 N–H and O–H groups in total. The molecule has 1 aliphatic heterocycles. The summed E-state index contributed by atoms with van der Waals surface area (Å²) >= 11 is 0. The zero-order valence-corrected chi connectivity index (χ0v) is 18.7. The van der Waals surface area contributed by atoms with Gasteiger partial charge < -0.3 is 10.2 Å². The lowest BCUT2D eigenvalue weighted by Gasteiger charge is -2.42. The Bertz CT molecular complexity index is 1060. The van der Waals surface area contributed by atoms with Gasteiger partial charge in [-0.05, 0) is 55.9 Å². The summed E-state index contributed by atoms with van der Waals surface area (Å²) in [7, 11) is 0. The molecule has 1 atom stereocenters. The summed E-state index contributed by atoms with van der Waals surface area (Å²) in [6, 6.07) is 20.2. The van der Waals surface area contributed by atoms with Crippen molar-refractivity contribution in [3.05, 3.63) is 78.1 Å². The predicted molar refractivity (Wildman–Crippen MR) is 125 cm³/mol. The molecule has 6 heteroatoms. The zero-order chi connectivity index (χ0) is 22.6. The van der Waals surface area contributed by atoms with Crippen molar-refractivity contribution >= 4 is 11.8 Å². The van der Waals surface area contributed by atoms with Crippen LogP contribution in [0.3, 0.4) is 0 Å². The number of carbonyl (C=O) groups is 2. The van der Waals surface area contributed by atoms with Gasteiger partial charge in [-0.3, -0.25) is 14.7 Å². The normalized spacial score (nSPS) is 18.5. The minimum atomic E-state index is -0.691. The molecule has 2 amide bonds. The first-order chi connectivity index (χ1) is 15.5. The van der Waals surface area contributed by atoms with Gasteiger partial charge in [0.1, 0.15) is 5.69 Å². The van der Waals surface area contributed by atoms with Gasteiger partial charge in [0.05, 0.1) is 5.41 Å². The van der Waals surface area contributed by atoms with Gasteiger partial charge in [0.15, 0.2) is 0 Å². The number of rotatable bonds is 6. The minimum Gasteiger partial charge on any atom is -0.353 e. The van der Waals surface area contributed by atoms with E-state index in [1.54, 1.807) is 17.2 Å². The van der Waals surface area contributed by atoms with Crippen LogP contribution < -0.4 is 5.32 Å². The van der Waals surface area contributed by atoms with E-state index in [0.29, 0.717) is 25.2 Å². The highest BCUT2D eigenvalue weighted by atomic mass is 16.2. The maximum Gasteiger partial charge on any atom is 0.271 e. The van der Waals surface area contributed by atoms with Crippen LogP contribution in [0.15, 0.2) is 66.9 Å². The zero-order valence-electron chi connectivity index (χ0n) is 18.7. The summed E-state index contributed by atoms with van der Waals surface area (Å²) in [4.78, 5) is 28.4. The van der Waals surface area contributed by atoms with Crippen LogP contribution in [0.4, 0.5) is 0 Å². The van der Waals surface area contributed by atoms with Crippen molar-refractivity contribution in [3.63, 3.8) is 0 Å². The Hall–Kier alpha value is -3.41. The fraction of sp³-hybridized carbons (Fsp3) is 0.346.